The van der Waals surface area contributed by atoms with Gasteiger partial charge in [-0.25, -0.2) is 0 Å². The van der Waals surface area contributed by atoms with Gasteiger partial charge in [0.1, 0.15) is 0 Å². The lowest BCUT2D eigenvalue weighted by atomic mass is 10.0. The predicted octanol–water partition coefficient (Wildman–Crippen LogP) is 4.94. The van der Waals surface area contributed by atoms with Crippen LogP contribution in [0.15, 0.2) is 84.9 Å². The number of nitrogens with zero attached hydrogens (tertiary/aromatic N) is 2. The molecule has 0 aliphatic carbocycles. The number of ketones is 1. The van der Waals surface area contributed by atoms with Gasteiger partial charge < -0.3 is 9.47 Å². The molecule has 0 fully saturated rings. The van der Waals surface area contributed by atoms with E-state index in [-0.39, 0.29) is 0 Å². The Morgan fingerprint density at radius 1 is 0.806 bits per heavy atom. The van der Waals surface area contributed by atoms with Gasteiger partial charge in [-0.1, -0.05) is 78.9 Å². The van der Waals surface area contributed by atoms with Crippen LogP contribution in [0, 0.1) is 6.92 Å². The van der Waals surface area contributed by atoms with Crippen molar-refractivity contribution >= 4 is 22.6 Å². The summed E-state index contributed by atoms with van der Waals surface area (Å²) in [6.07, 6.45) is 0.696. The highest BCUT2D eigenvalue weighted by atomic mass is 16.2. The van der Waals surface area contributed by atoms with Gasteiger partial charge in [0.05, 0.1) is 5.56 Å². The molecular formula is C27H26N2O2. The molecule has 0 bridgehead atoms. The van der Waals surface area contributed by atoms with Crippen molar-refractivity contribution < 1.29 is 9.59 Å². The van der Waals surface area contributed by atoms with Crippen molar-refractivity contribution in [2.45, 2.75) is 19.9 Å². The van der Waals surface area contributed by atoms with E-state index in [1.54, 1.807) is 4.90 Å². The molecule has 1 aromatic heterocycles. The maximum Gasteiger partial charge on any atom is 0.295 e. The third kappa shape index (κ3) is 4.29. The highest BCUT2D eigenvalue weighted by Crippen LogP contribution is 2.26. The highest BCUT2D eigenvalue weighted by molar-refractivity contribution is 6.45. The Hall–Kier alpha value is -3.66. The van der Waals surface area contributed by atoms with Crippen LogP contribution < -0.4 is 0 Å². The Morgan fingerprint density at radius 2 is 1.39 bits per heavy atom. The molecule has 31 heavy (non-hydrogen) atoms. The fourth-order valence-corrected chi connectivity index (χ4v) is 4.02. The van der Waals surface area contributed by atoms with E-state index in [1.165, 1.54) is 0 Å². The van der Waals surface area contributed by atoms with Crippen molar-refractivity contribution in [3.8, 4) is 0 Å². The standard InChI is InChI=1S/C27H26N2O2/c1-20-25(23-15-9-10-16-24(23)28(20)2)26(30)27(31)29(19-22-13-7-4-8-14-22)18-17-21-11-5-3-6-12-21/h3-16H,17-19H2,1-2H3. The number of aryl methyl sites for hydroxylation is 1. The molecule has 1 heterocycles. The largest absolute Gasteiger partial charge is 0.347 e. The number of para-hydroxylation sites is 1. The van der Waals surface area contributed by atoms with Gasteiger partial charge in [0.15, 0.2) is 0 Å². The summed E-state index contributed by atoms with van der Waals surface area (Å²) in [5.41, 5.74) is 4.41. The molecule has 1 amide bonds. The van der Waals surface area contributed by atoms with E-state index >= 15 is 0 Å². The van der Waals surface area contributed by atoms with Crippen LogP contribution in [-0.2, 0) is 24.8 Å². The van der Waals surface area contributed by atoms with Crippen molar-refractivity contribution in [2.24, 2.45) is 7.05 Å². The molecule has 4 heteroatoms. The van der Waals surface area contributed by atoms with E-state index in [0.717, 1.165) is 27.7 Å². The molecule has 0 aliphatic rings. The molecule has 3 aromatic carbocycles. The third-order valence-corrected chi connectivity index (χ3v) is 5.84. The zero-order chi connectivity index (χ0) is 21.8. The lowest BCUT2D eigenvalue weighted by Crippen LogP contribution is -2.37. The number of Topliss-reactive ketones (excluding diaryl/α,β-unsaturated/α-hetero) is 1. The number of hydrogen-bond acceptors (Lipinski definition) is 2. The Balaban J connectivity index is 1.65. The molecule has 4 nitrogen and oxygen atoms in total. The Morgan fingerprint density at radius 3 is 2.06 bits per heavy atom. The van der Waals surface area contributed by atoms with Crippen molar-refractivity contribution in [2.75, 3.05) is 6.54 Å². The van der Waals surface area contributed by atoms with E-state index in [4.69, 9.17) is 0 Å². The normalized spacial score (nSPS) is 10.9. The molecule has 0 spiro atoms. The fourth-order valence-electron chi connectivity index (χ4n) is 4.02. The summed E-state index contributed by atoms with van der Waals surface area (Å²) in [4.78, 5) is 28.5. The average Bonchev–Trinajstić information content (AvgIpc) is 3.07. The van der Waals surface area contributed by atoms with E-state index in [1.807, 2.05) is 103 Å². The van der Waals surface area contributed by atoms with Gasteiger partial charge in [-0.05, 0) is 30.5 Å². The molecule has 0 radical (unpaired) electrons. The Labute approximate surface area is 182 Å². The van der Waals surface area contributed by atoms with Gasteiger partial charge in [0.25, 0.3) is 11.7 Å². The van der Waals surface area contributed by atoms with Crippen LogP contribution in [0.25, 0.3) is 10.9 Å². The SMILES string of the molecule is Cc1c(C(=O)C(=O)N(CCc2ccccc2)Cc2ccccc2)c2ccccc2n1C. The van der Waals surface area contributed by atoms with E-state index in [0.29, 0.717) is 25.1 Å². The van der Waals surface area contributed by atoms with E-state index < -0.39 is 11.7 Å². The summed E-state index contributed by atoms with van der Waals surface area (Å²) in [6, 6.07) is 27.6. The summed E-state index contributed by atoms with van der Waals surface area (Å²) in [5, 5.41) is 0.823. The molecule has 0 N–H and O–H groups in total. The van der Waals surface area contributed by atoms with Crippen LogP contribution in [0.5, 0.6) is 0 Å². The molecule has 0 atom stereocenters. The maximum absolute atomic E-state index is 13.4. The van der Waals surface area contributed by atoms with E-state index in [2.05, 4.69) is 0 Å². The molecule has 156 valence electrons. The van der Waals surface area contributed by atoms with Crippen LogP contribution in [0.4, 0.5) is 0 Å². The number of carbonyl (C=O) groups excluding carboxylic acids is 2. The predicted molar refractivity (Wildman–Crippen MR) is 124 cm³/mol. The first kappa shape index (κ1) is 20.6. The Kier molecular flexibility index (Phi) is 5.99. The summed E-state index contributed by atoms with van der Waals surface area (Å²) in [6.45, 7) is 2.78. The minimum absolute atomic E-state index is 0.405. The molecule has 0 unspecified atom stereocenters. The molecule has 0 saturated heterocycles. The second-order valence-corrected chi connectivity index (χ2v) is 7.81. The van der Waals surface area contributed by atoms with Crippen molar-refractivity contribution in [3.05, 3.63) is 107 Å². The monoisotopic (exact) mass is 410 g/mol. The number of carbonyl (C=O) groups is 2. The number of rotatable bonds is 7. The second-order valence-electron chi connectivity index (χ2n) is 7.81. The first-order chi connectivity index (χ1) is 15.1. The number of aromatic nitrogens is 1. The van der Waals surface area contributed by atoms with Crippen LogP contribution in [0.3, 0.4) is 0 Å². The number of benzene rings is 3. The summed E-state index contributed by atoms with van der Waals surface area (Å²) >= 11 is 0. The minimum atomic E-state index is -0.459. The minimum Gasteiger partial charge on any atom is -0.347 e. The summed E-state index contributed by atoms with van der Waals surface area (Å²) in [7, 11) is 1.93. The maximum atomic E-state index is 13.4. The smallest absolute Gasteiger partial charge is 0.295 e. The van der Waals surface area contributed by atoms with Crippen LogP contribution in [0.2, 0.25) is 0 Å². The van der Waals surface area contributed by atoms with Crippen LogP contribution in [0.1, 0.15) is 27.2 Å². The first-order valence-electron chi connectivity index (χ1n) is 10.5. The molecular weight excluding hydrogens is 384 g/mol. The van der Waals surface area contributed by atoms with Gasteiger partial charge >= 0.3 is 0 Å². The van der Waals surface area contributed by atoms with Crippen LogP contribution in [-0.4, -0.2) is 27.7 Å². The zero-order valence-electron chi connectivity index (χ0n) is 17.9. The summed E-state index contributed by atoms with van der Waals surface area (Å²) in [5.74, 6) is -0.905. The molecule has 0 aliphatic heterocycles. The topological polar surface area (TPSA) is 42.3 Å². The first-order valence-corrected chi connectivity index (χ1v) is 10.5. The lowest BCUT2D eigenvalue weighted by molar-refractivity contribution is -0.127. The molecule has 4 rings (SSSR count). The second kappa shape index (κ2) is 9.00. The van der Waals surface area contributed by atoms with Crippen molar-refractivity contribution in [1.82, 2.24) is 9.47 Å². The van der Waals surface area contributed by atoms with Gasteiger partial charge in [-0.2, -0.15) is 0 Å². The van der Waals surface area contributed by atoms with Gasteiger partial charge in [0, 0.05) is 36.7 Å². The van der Waals surface area contributed by atoms with Gasteiger partial charge in [0.2, 0.25) is 0 Å². The van der Waals surface area contributed by atoms with Crippen molar-refractivity contribution in [1.29, 1.82) is 0 Å². The highest BCUT2D eigenvalue weighted by Gasteiger charge is 2.28. The van der Waals surface area contributed by atoms with Gasteiger partial charge in [-0.3, -0.25) is 9.59 Å². The number of amides is 1. The Bertz CT molecular complexity index is 1210. The number of fused-ring (bicyclic) bond motifs is 1. The quantitative estimate of drug-likeness (QED) is 0.320. The lowest BCUT2D eigenvalue weighted by Gasteiger charge is -2.22. The average molecular weight is 411 g/mol. The molecule has 4 aromatic rings. The summed E-state index contributed by atoms with van der Waals surface area (Å²) < 4.78 is 1.97. The van der Waals surface area contributed by atoms with Crippen LogP contribution >= 0.6 is 0 Å². The number of hydrogen-bond donors (Lipinski definition) is 0. The molecule has 0 saturated carbocycles. The van der Waals surface area contributed by atoms with E-state index in [9.17, 15) is 9.59 Å². The van der Waals surface area contributed by atoms with Gasteiger partial charge in [-0.15, -0.1) is 0 Å². The van der Waals surface area contributed by atoms with Crippen molar-refractivity contribution in [3.63, 3.8) is 0 Å². The third-order valence-electron chi connectivity index (χ3n) is 5.84. The fraction of sp³-hybridized carbons (Fsp3) is 0.185. The zero-order valence-corrected chi connectivity index (χ0v) is 17.9.